The normalized spacial score (nSPS) is 20.1. The van der Waals surface area contributed by atoms with Crippen LogP contribution in [0, 0.1) is 25.7 Å². The Labute approximate surface area is 199 Å². The minimum Gasteiger partial charge on any atom is -0.489 e. The van der Waals surface area contributed by atoms with Crippen LogP contribution in [0.25, 0.3) is 11.5 Å². The summed E-state index contributed by atoms with van der Waals surface area (Å²) in [4.78, 5) is 29.9. The number of rotatable bonds is 9. The Morgan fingerprint density at radius 2 is 1.97 bits per heavy atom. The molecule has 2 heterocycles. The maximum absolute atomic E-state index is 12.4. The largest absolute Gasteiger partial charge is 0.489 e. The average molecular weight is 472 g/mol. The number of aliphatic carboxylic acids is 1. The lowest BCUT2D eigenvalue weighted by molar-refractivity contribution is -0.143. The molecule has 2 aliphatic rings. The fraction of sp³-hybridized carbons (Fsp3) is 0.600. The summed E-state index contributed by atoms with van der Waals surface area (Å²) in [6, 6.07) is 3.61. The number of carboxylic acids is 1. The van der Waals surface area contributed by atoms with Gasteiger partial charge in [-0.25, -0.2) is 9.78 Å². The topological polar surface area (TPSA) is 115 Å². The van der Waals surface area contributed by atoms with Crippen molar-refractivity contribution < 1.29 is 28.7 Å². The van der Waals surface area contributed by atoms with Gasteiger partial charge in [0.05, 0.1) is 29.0 Å². The summed E-state index contributed by atoms with van der Waals surface area (Å²) in [5, 5.41) is 13.4. The molecule has 184 valence electrons. The van der Waals surface area contributed by atoms with Gasteiger partial charge in [-0.3, -0.25) is 4.79 Å². The van der Waals surface area contributed by atoms with E-state index in [2.05, 4.69) is 10.1 Å². The van der Waals surface area contributed by atoms with Gasteiger partial charge in [-0.15, -0.1) is 0 Å². The highest BCUT2D eigenvalue weighted by Crippen LogP contribution is 2.33. The van der Waals surface area contributed by atoms with Crippen LogP contribution in [0.15, 0.2) is 16.7 Å². The third kappa shape index (κ3) is 5.87. The van der Waals surface area contributed by atoms with E-state index in [1.165, 1.54) is 12.8 Å². The van der Waals surface area contributed by atoms with Crippen molar-refractivity contribution in [3.63, 3.8) is 0 Å². The quantitative estimate of drug-likeness (QED) is 0.557. The van der Waals surface area contributed by atoms with Gasteiger partial charge in [0, 0.05) is 13.6 Å². The van der Waals surface area contributed by atoms with Crippen LogP contribution in [0.4, 0.5) is 4.79 Å². The number of ether oxygens (including phenoxy) is 2. The first kappa shape index (κ1) is 24.0. The van der Waals surface area contributed by atoms with Crippen LogP contribution in [0.1, 0.15) is 61.9 Å². The summed E-state index contributed by atoms with van der Waals surface area (Å²) in [5.74, 6) is 0.716. The standard InChI is InChI=1S/C25H33N3O6/c1-15-20(14-32-25(31)28(3)12-11-17-7-8-17)23(34-27-15)21-9-10-22(16(2)26-21)33-19-6-4-5-18(13-19)24(29)30/h9-10,17-19H,4-8,11-14H2,1-3H3,(H,29,30)/t18-,19-/m0/s1. The lowest BCUT2D eigenvalue weighted by Crippen LogP contribution is -2.29. The molecule has 0 aromatic carbocycles. The Kier molecular flexibility index (Phi) is 7.38. The lowest BCUT2D eigenvalue weighted by atomic mass is 9.87. The van der Waals surface area contributed by atoms with E-state index in [0.717, 1.165) is 25.2 Å². The number of aryl methyl sites for hydroxylation is 2. The maximum atomic E-state index is 12.4. The van der Waals surface area contributed by atoms with E-state index in [1.807, 2.05) is 13.0 Å². The molecule has 2 aromatic heterocycles. The molecule has 2 saturated carbocycles. The Bertz CT molecular complexity index is 1030. The molecule has 0 spiro atoms. The second-order valence-corrected chi connectivity index (χ2v) is 9.51. The van der Waals surface area contributed by atoms with Gasteiger partial charge in [0.25, 0.3) is 0 Å². The zero-order valence-electron chi connectivity index (χ0n) is 20.1. The monoisotopic (exact) mass is 471 g/mol. The minimum atomic E-state index is -0.762. The second-order valence-electron chi connectivity index (χ2n) is 9.51. The van der Waals surface area contributed by atoms with Crippen molar-refractivity contribution in [3.8, 4) is 17.2 Å². The maximum Gasteiger partial charge on any atom is 0.409 e. The first-order valence-electron chi connectivity index (χ1n) is 12.0. The molecule has 2 aliphatic carbocycles. The van der Waals surface area contributed by atoms with Crippen LogP contribution in [0.5, 0.6) is 5.75 Å². The van der Waals surface area contributed by atoms with Crippen LogP contribution in [-0.4, -0.2) is 51.9 Å². The summed E-state index contributed by atoms with van der Waals surface area (Å²) < 4.78 is 17.1. The van der Waals surface area contributed by atoms with Gasteiger partial charge < -0.3 is 24.0 Å². The third-order valence-electron chi connectivity index (χ3n) is 6.74. The Balaban J connectivity index is 1.40. The number of hydrogen-bond acceptors (Lipinski definition) is 7. The smallest absolute Gasteiger partial charge is 0.409 e. The molecule has 9 heteroatoms. The van der Waals surface area contributed by atoms with Gasteiger partial charge >= 0.3 is 12.1 Å². The number of hydrogen-bond donors (Lipinski definition) is 1. The van der Waals surface area contributed by atoms with E-state index in [9.17, 15) is 14.7 Å². The molecule has 0 unspecified atom stereocenters. The molecule has 1 N–H and O–H groups in total. The molecule has 0 bridgehead atoms. The fourth-order valence-corrected chi connectivity index (χ4v) is 4.33. The number of amides is 1. The van der Waals surface area contributed by atoms with Gasteiger partial charge in [-0.05, 0) is 64.0 Å². The van der Waals surface area contributed by atoms with Crippen LogP contribution in [0.3, 0.4) is 0 Å². The van der Waals surface area contributed by atoms with E-state index >= 15 is 0 Å². The highest BCUT2D eigenvalue weighted by atomic mass is 16.6. The number of pyridine rings is 1. The Morgan fingerprint density at radius 3 is 2.68 bits per heavy atom. The van der Waals surface area contributed by atoms with Crippen LogP contribution in [-0.2, 0) is 16.1 Å². The summed E-state index contributed by atoms with van der Waals surface area (Å²) in [6.45, 7) is 4.39. The summed E-state index contributed by atoms with van der Waals surface area (Å²) in [6.07, 6.45) is 5.88. The average Bonchev–Trinajstić information content (AvgIpc) is 3.58. The van der Waals surface area contributed by atoms with Crippen molar-refractivity contribution in [2.75, 3.05) is 13.6 Å². The molecule has 2 atom stereocenters. The summed E-state index contributed by atoms with van der Waals surface area (Å²) >= 11 is 0. The van der Waals surface area contributed by atoms with Crippen LogP contribution >= 0.6 is 0 Å². The third-order valence-corrected chi connectivity index (χ3v) is 6.74. The van der Waals surface area contributed by atoms with E-state index in [1.54, 1.807) is 24.9 Å². The predicted molar refractivity (Wildman–Crippen MR) is 123 cm³/mol. The SMILES string of the molecule is Cc1nc(-c2onc(C)c2COC(=O)N(C)CCC2CC2)ccc1O[C@H]1CCC[C@H](C(=O)O)C1. The second kappa shape index (κ2) is 10.4. The zero-order chi connectivity index (χ0) is 24.2. The number of carboxylic acid groups (broad SMARTS) is 1. The van der Waals surface area contributed by atoms with Gasteiger partial charge in [0.2, 0.25) is 0 Å². The van der Waals surface area contributed by atoms with E-state index in [4.69, 9.17) is 14.0 Å². The van der Waals surface area contributed by atoms with Gasteiger partial charge in [-0.2, -0.15) is 0 Å². The predicted octanol–water partition coefficient (Wildman–Crippen LogP) is 4.74. The van der Waals surface area contributed by atoms with Gasteiger partial charge in [0.1, 0.15) is 18.1 Å². The molecule has 1 amide bonds. The number of carbonyl (C=O) groups is 2. The van der Waals surface area contributed by atoms with Crippen molar-refractivity contribution >= 4 is 12.1 Å². The van der Waals surface area contributed by atoms with Crippen molar-refractivity contribution in [1.29, 1.82) is 0 Å². The zero-order valence-corrected chi connectivity index (χ0v) is 20.1. The molecular weight excluding hydrogens is 438 g/mol. The molecule has 0 radical (unpaired) electrons. The molecule has 2 aromatic rings. The Hall–Kier alpha value is -3.10. The van der Waals surface area contributed by atoms with Crippen molar-refractivity contribution in [3.05, 3.63) is 29.1 Å². The summed E-state index contributed by atoms with van der Waals surface area (Å²) in [7, 11) is 1.75. The van der Waals surface area contributed by atoms with E-state index in [-0.39, 0.29) is 24.7 Å². The van der Waals surface area contributed by atoms with Gasteiger partial charge in [-0.1, -0.05) is 18.0 Å². The number of carbonyl (C=O) groups excluding carboxylic acids is 1. The van der Waals surface area contributed by atoms with E-state index < -0.39 is 5.97 Å². The number of aromatic nitrogens is 2. The molecule has 0 aliphatic heterocycles. The molecule has 4 rings (SSSR count). The number of nitrogens with zero attached hydrogens (tertiary/aromatic N) is 3. The minimum absolute atomic E-state index is 0.0505. The lowest BCUT2D eigenvalue weighted by Gasteiger charge is -2.27. The van der Waals surface area contributed by atoms with Crippen LogP contribution < -0.4 is 4.74 Å². The van der Waals surface area contributed by atoms with Gasteiger partial charge in [0.15, 0.2) is 5.76 Å². The first-order valence-corrected chi connectivity index (χ1v) is 12.0. The first-order chi connectivity index (χ1) is 16.3. The molecule has 2 fully saturated rings. The molecule has 9 nitrogen and oxygen atoms in total. The molecular formula is C25H33N3O6. The van der Waals surface area contributed by atoms with Crippen molar-refractivity contribution in [1.82, 2.24) is 15.0 Å². The highest BCUT2D eigenvalue weighted by Gasteiger charge is 2.29. The summed E-state index contributed by atoms with van der Waals surface area (Å²) in [5.41, 5.74) is 2.57. The molecule has 0 saturated heterocycles. The highest BCUT2D eigenvalue weighted by molar-refractivity contribution is 5.70. The molecule has 34 heavy (non-hydrogen) atoms. The van der Waals surface area contributed by atoms with Crippen molar-refractivity contribution in [2.45, 2.75) is 71.5 Å². The van der Waals surface area contributed by atoms with E-state index in [0.29, 0.717) is 53.5 Å². The fourth-order valence-electron chi connectivity index (χ4n) is 4.33. The van der Waals surface area contributed by atoms with Crippen LogP contribution in [0.2, 0.25) is 0 Å². The van der Waals surface area contributed by atoms with Crippen molar-refractivity contribution in [2.24, 2.45) is 11.8 Å². The Morgan fingerprint density at radius 1 is 1.18 bits per heavy atom.